The molecule has 0 aliphatic rings. The van der Waals surface area contributed by atoms with Gasteiger partial charge in [-0.1, -0.05) is 25.5 Å². The molecule has 0 bridgehead atoms. The quantitative estimate of drug-likeness (QED) is 0.450. The Morgan fingerprint density at radius 2 is 1.83 bits per heavy atom. The summed E-state index contributed by atoms with van der Waals surface area (Å²) in [6.45, 7) is 3.31. The normalized spacial score (nSPS) is 15.0. The first-order valence-corrected chi connectivity index (χ1v) is 9.47. The van der Waals surface area contributed by atoms with Crippen LogP contribution in [0.4, 0.5) is 23.2 Å². The van der Waals surface area contributed by atoms with Gasteiger partial charge in [0.25, 0.3) is 0 Å². The van der Waals surface area contributed by atoms with Crippen LogP contribution in [0.1, 0.15) is 37.1 Å². The van der Waals surface area contributed by atoms with Crippen LogP contribution in [0.15, 0.2) is 48.5 Å². The van der Waals surface area contributed by atoms with Gasteiger partial charge in [-0.2, -0.15) is 13.2 Å². The van der Waals surface area contributed by atoms with Gasteiger partial charge in [0.05, 0.1) is 11.6 Å². The molecule has 2 atom stereocenters. The second kappa shape index (κ2) is 8.10. The van der Waals surface area contributed by atoms with Crippen molar-refractivity contribution in [3.05, 3.63) is 65.6 Å². The summed E-state index contributed by atoms with van der Waals surface area (Å²) >= 11 is 0. The van der Waals surface area contributed by atoms with E-state index in [4.69, 9.17) is 0 Å². The van der Waals surface area contributed by atoms with Gasteiger partial charge in [-0.15, -0.1) is 0 Å². The van der Waals surface area contributed by atoms with Crippen molar-refractivity contribution < 1.29 is 27.8 Å². The van der Waals surface area contributed by atoms with Gasteiger partial charge in [0.15, 0.2) is 5.60 Å². The number of alkyl halides is 3. The van der Waals surface area contributed by atoms with Gasteiger partial charge in [-0.3, -0.25) is 4.98 Å². The average Bonchev–Trinajstić information content (AvgIpc) is 2.65. The molecule has 0 saturated heterocycles. The Morgan fingerprint density at radius 3 is 2.47 bits per heavy atom. The van der Waals surface area contributed by atoms with E-state index in [1.54, 1.807) is 37.3 Å². The second-order valence-corrected chi connectivity index (χ2v) is 7.28. The molecule has 2 unspecified atom stereocenters. The van der Waals surface area contributed by atoms with Crippen molar-refractivity contribution in [1.29, 1.82) is 0 Å². The van der Waals surface area contributed by atoms with E-state index >= 15 is 0 Å². The number of hydrogen-bond acceptors (Lipinski definition) is 4. The van der Waals surface area contributed by atoms with Crippen molar-refractivity contribution in [2.75, 3.05) is 5.32 Å². The molecule has 160 valence electrons. The molecule has 30 heavy (non-hydrogen) atoms. The number of hydrogen-bond donors (Lipinski definition) is 3. The summed E-state index contributed by atoms with van der Waals surface area (Å²) in [4.78, 5) is 4.37. The minimum atomic E-state index is -5.01. The first-order chi connectivity index (χ1) is 14.1. The summed E-state index contributed by atoms with van der Waals surface area (Å²) in [5.74, 6) is -1.48. The lowest BCUT2D eigenvalue weighted by atomic mass is 9.83. The summed E-state index contributed by atoms with van der Waals surface area (Å²) in [5, 5.41) is 24.3. The van der Waals surface area contributed by atoms with Crippen LogP contribution in [-0.4, -0.2) is 27.0 Å². The van der Waals surface area contributed by atoms with Crippen LogP contribution in [-0.2, 0) is 0 Å². The number of phenolic OH excluding ortho intramolecular Hbond substituents is 1. The van der Waals surface area contributed by atoms with E-state index in [0.29, 0.717) is 16.6 Å². The molecule has 1 heterocycles. The third-order valence-corrected chi connectivity index (χ3v) is 5.07. The van der Waals surface area contributed by atoms with Crippen molar-refractivity contribution in [3.63, 3.8) is 0 Å². The molecular formula is C22H22F4N2O2. The van der Waals surface area contributed by atoms with Gasteiger partial charge in [0.1, 0.15) is 11.6 Å². The fraction of sp³-hybridized carbons (Fsp3) is 0.318. The lowest BCUT2D eigenvalue weighted by Crippen LogP contribution is -2.52. The minimum Gasteiger partial charge on any atom is -0.507 e. The number of phenols is 1. The Kier molecular flexibility index (Phi) is 5.90. The molecule has 0 amide bonds. The number of aromatic hydroxyl groups is 1. The predicted molar refractivity (Wildman–Crippen MR) is 107 cm³/mol. The summed E-state index contributed by atoms with van der Waals surface area (Å²) in [5.41, 5.74) is -1.87. The molecule has 0 fully saturated rings. The van der Waals surface area contributed by atoms with Gasteiger partial charge in [0, 0.05) is 28.4 Å². The number of nitrogens with zero attached hydrogens (tertiary/aromatic N) is 1. The van der Waals surface area contributed by atoms with Crippen molar-refractivity contribution in [1.82, 2.24) is 4.98 Å². The first kappa shape index (κ1) is 21.8. The predicted octanol–water partition coefficient (Wildman–Crippen LogP) is 5.63. The highest BCUT2D eigenvalue weighted by atomic mass is 19.4. The van der Waals surface area contributed by atoms with Gasteiger partial charge in [-0.05, 0) is 43.7 Å². The fourth-order valence-electron chi connectivity index (χ4n) is 3.58. The molecule has 0 radical (unpaired) electrons. The Balaban J connectivity index is 2.20. The highest BCUT2D eigenvalue weighted by Gasteiger charge is 2.59. The Labute approximate surface area is 171 Å². The smallest absolute Gasteiger partial charge is 0.419 e. The van der Waals surface area contributed by atoms with Crippen LogP contribution in [0, 0.1) is 12.7 Å². The van der Waals surface area contributed by atoms with Crippen LogP contribution in [0.3, 0.4) is 0 Å². The SMILES string of the molecule is CCCC(O)(C(Nc1cccc2nc(C)ccc12)c1ccc(F)cc1O)C(F)(F)F. The molecule has 8 heteroatoms. The van der Waals surface area contributed by atoms with Crippen LogP contribution in [0.5, 0.6) is 5.75 Å². The zero-order chi connectivity index (χ0) is 22.1. The average molecular weight is 422 g/mol. The second-order valence-electron chi connectivity index (χ2n) is 7.28. The Morgan fingerprint density at radius 1 is 1.10 bits per heavy atom. The van der Waals surface area contributed by atoms with Gasteiger partial charge in [0.2, 0.25) is 0 Å². The minimum absolute atomic E-state index is 0.0342. The lowest BCUT2D eigenvalue weighted by Gasteiger charge is -2.39. The number of aliphatic hydroxyl groups is 1. The number of aryl methyl sites for hydroxylation is 1. The summed E-state index contributed by atoms with van der Waals surface area (Å²) in [7, 11) is 0. The summed E-state index contributed by atoms with van der Waals surface area (Å²) < 4.78 is 55.6. The maximum atomic E-state index is 14.0. The van der Waals surface area contributed by atoms with Crippen LogP contribution in [0.25, 0.3) is 10.9 Å². The number of anilines is 1. The molecule has 0 spiro atoms. The molecule has 3 N–H and O–H groups in total. The van der Waals surface area contributed by atoms with E-state index in [9.17, 15) is 27.8 Å². The molecule has 0 aliphatic carbocycles. The zero-order valence-electron chi connectivity index (χ0n) is 16.5. The van der Waals surface area contributed by atoms with Crippen LogP contribution < -0.4 is 5.32 Å². The van der Waals surface area contributed by atoms with Gasteiger partial charge < -0.3 is 15.5 Å². The number of rotatable bonds is 6. The standard InChI is InChI=1S/C22H22F4N2O2/c1-3-11-21(30,22(24,25)26)20(16-10-8-14(23)12-19(16)29)28-18-6-4-5-17-15(18)9-7-13(2)27-17/h4-10,12,20,28-30H,3,11H2,1-2H3. The Hall–Kier alpha value is -2.87. The van der Waals surface area contributed by atoms with Gasteiger partial charge >= 0.3 is 6.18 Å². The van der Waals surface area contributed by atoms with E-state index in [-0.39, 0.29) is 12.0 Å². The number of aromatic nitrogens is 1. The molecule has 0 aliphatic heterocycles. The largest absolute Gasteiger partial charge is 0.507 e. The number of halogens is 4. The molecule has 3 aromatic rings. The van der Waals surface area contributed by atoms with Crippen LogP contribution >= 0.6 is 0 Å². The summed E-state index contributed by atoms with van der Waals surface area (Å²) in [6, 6.07) is 9.28. The van der Waals surface area contributed by atoms with Crippen molar-refractivity contribution in [2.45, 2.75) is 44.5 Å². The highest BCUT2D eigenvalue weighted by molar-refractivity contribution is 5.91. The molecule has 1 aromatic heterocycles. The Bertz CT molecular complexity index is 1050. The first-order valence-electron chi connectivity index (χ1n) is 9.47. The monoisotopic (exact) mass is 422 g/mol. The maximum Gasteiger partial charge on any atom is 0.419 e. The number of nitrogens with one attached hydrogen (secondary N) is 1. The third-order valence-electron chi connectivity index (χ3n) is 5.07. The van der Waals surface area contributed by atoms with Crippen molar-refractivity contribution in [3.8, 4) is 5.75 Å². The maximum absolute atomic E-state index is 14.0. The number of fused-ring (bicyclic) bond motifs is 1. The van der Waals surface area contributed by atoms with E-state index in [0.717, 1.165) is 23.9 Å². The van der Waals surface area contributed by atoms with Gasteiger partial charge in [-0.25, -0.2) is 4.39 Å². The van der Waals surface area contributed by atoms with Crippen molar-refractivity contribution >= 4 is 16.6 Å². The molecular weight excluding hydrogens is 400 g/mol. The van der Waals surface area contributed by atoms with E-state index in [1.807, 2.05) is 0 Å². The number of pyridine rings is 1. The number of benzene rings is 2. The highest BCUT2D eigenvalue weighted by Crippen LogP contribution is 2.47. The van der Waals surface area contributed by atoms with E-state index in [1.165, 1.54) is 6.92 Å². The lowest BCUT2D eigenvalue weighted by molar-refractivity contribution is -0.269. The van der Waals surface area contributed by atoms with Crippen molar-refractivity contribution in [2.24, 2.45) is 0 Å². The molecule has 4 nitrogen and oxygen atoms in total. The molecule has 3 rings (SSSR count). The topological polar surface area (TPSA) is 65.4 Å². The van der Waals surface area contributed by atoms with E-state index in [2.05, 4.69) is 10.3 Å². The summed E-state index contributed by atoms with van der Waals surface area (Å²) in [6.07, 6.45) is -5.60. The zero-order valence-corrected chi connectivity index (χ0v) is 16.5. The molecule has 2 aromatic carbocycles. The van der Waals surface area contributed by atoms with E-state index < -0.39 is 35.8 Å². The molecule has 0 saturated carbocycles. The van der Waals surface area contributed by atoms with Crippen LogP contribution in [0.2, 0.25) is 0 Å². The third kappa shape index (κ3) is 4.05. The fourth-order valence-corrected chi connectivity index (χ4v) is 3.58.